The van der Waals surface area contributed by atoms with E-state index in [0.29, 0.717) is 26.1 Å². The number of halogens is 2. The van der Waals surface area contributed by atoms with Crippen molar-refractivity contribution in [3.8, 4) is 5.75 Å². The Morgan fingerprint density at radius 2 is 1.81 bits per heavy atom. The highest BCUT2D eigenvalue weighted by atomic mass is 19.3. The van der Waals surface area contributed by atoms with Crippen LogP contribution in [0.25, 0.3) is 10.9 Å². The first-order chi connectivity index (χ1) is 17.5. The number of ether oxygens (including phenoxy) is 2. The molecule has 1 aliphatic carbocycles. The van der Waals surface area contributed by atoms with E-state index in [-0.39, 0.29) is 29.8 Å². The van der Waals surface area contributed by atoms with E-state index < -0.39 is 6.61 Å². The van der Waals surface area contributed by atoms with E-state index in [1.165, 1.54) is 10.5 Å². The molecular formula is C27H35F2N3O4. The molecule has 0 bridgehead atoms. The summed E-state index contributed by atoms with van der Waals surface area (Å²) >= 11 is 0. The van der Waals surface area contributed by atoms with Crippen LogP contribution in [0.5, 0.6) is 5.75 Å². The predicted molar refractivity (Wildman–Crippen MR) is 131 cm³/mol. The molecule has 1 aromatic heterocycles. The third-order valence-electron chi connectivity index (χ3n) is 7.94. The van der Waals surface area contributed by atoms with Crippen LogP contribution in [0.15, 0.2) is 24.4 Å². The highest BCUT2D eigenvalue weighted by Crippen LogP contribution is 2.38. The minimum absolute atomic E-state index is 0.0297. The number of hydrogen-bond acceptors (Lipinski definition) is 5. The highest BCUT2D eigenvalue weighted by Gasteiger charge is 2.47. The number of nitrogens with zero attached hydrogens (tertiary/aromatic N) is 2. The number of H-pyrrole nitrogens is 1. The minimum atomic E-state index is -2.71. The number of unbranched alkanes of at least 4 members (excludes halogenated alkanes) is 1. The molecule has 2 saturated heterocycles. The number of hydrogen-bond donors (Lipinski definition) is 1. The van der Waals surface area contributed by atoms with Crippen LogP contribution in [0.1, 0.15) is 50.5 Å². The molecule has 7 nitrogen and oxygen atoms in total. The van der Waals surface area contributed by atoms with Crippen molar-refractivity contribution in [1.29, 1.82) is 0 Å². The van der Waals surface area contributed by atoms with Crippen molar-refractivity contribution in [3.63, 3.8) is 0 Å². The van der Waals surface area contributed by atoms with Gasteiger partial charge in [-0.15, -0.1) is 0 Å². The third kappa shape index (κ3) is 5.57. The number of fused-ring (bicyclic) bond motifs is 2. The van der Waals surface area contributed by atoms with Gasteiger partial charge in [-0.2, -0.15) is 8.78 Å². The molecule has 2 amide bonds. The van der Waals surface area contributed by atoms with E-state index in [2.05, 4.69) is 14.6 Å². The highest BCUT2D eigenvalue weighted by molar-refractivity contribution is 6.05. The quantitative estimate of drug-likeness (QED) is 0.364. The molecule has 3 fully saturated rings. The number of carbonyl (C=O) groups is 2. The van der Waals surface area contributed by atoms with Gasteiger partial charge in [0.25, 0.3) is 0 Å². The Kier molecular flexibility index (Phi) is 7.86. The molecule has 2 aromatic rings. The van der Waals surface area contributed by atoms with Gasteiger partial charge < -0.3 is 19.4 Å². The fraction of sp³-hybridized carbons (Fsp3) is 0.630. The van der Waals surface area contributed by atoms with Crippen molar-refractivity contribution >= 4 is 22.7 Å². The summed E-state index contributed by atoms with van der Waals surface area (Å²) in [4.78, 5) is 32.1. The van der Waals surface area contributed by atoms with Crippen molar-refractivity contribution in [3.05, 3.63) is 30.0 Å². The van der Waals surface area contributed by atoms with E-state index in [4.69, 9.17) is 4.74 Å². The number of nitrogens with one attached hydrogen (secondary N) is 1. The molecule has 36 heavy (non-hydrogen) atoms. The molecule has 1 N–H and O–H groups in total. The van der Waals surface area contributed by atoms with Gasteiger partial charge >= 0.3 is 6.61 Å². The molecular weight excluding hydrogens is 468 g/mol. The Morgan fingerprint density at radius 1 is 1.03 bits per heavy atom. The van der Waals surface area contributed by atoms with Gasteiger partial charge in [0.15, 0.2) is 0 Å². The number of rotatable bonds is 11. The lowest BCUT2D eigenvalue weighted by molar-refractivity contribution is -0.158. The van der Waals surface area contributed by atoms with E-state index >= 15 is 0 Å². The lowest BCUT2D eigenvalue weighted by atomic mass is 9.81. The monoisotopic (exact) mass is 503 g/mol. The topological polar surface area (TPSA) is 74.9 Å². The third-order valence-corrected chi connectivity index (χ3v) is 7.94. The Hall–Kier alpha value is -2.52. The summed E-state index contributed by atoms with van der Waals surface area (Å²) in [5.41, 5.74) is 2.20. The van der Waals surface area contributed by atoms with Gasteiger partial charge in [0.05, 0.1) is 24.5 Å². The minimum Gasteiger partial charge on any atom is -0.494 e. The van der Waals surface area contributed by atoms with Crippen molar-refractivity contribution in [2.75, 3.05) is 32.8 Å². The van der Waals surface area contributed by atoms with Gasteiger partial charge in [-0.3, -0.25) is 14.5 Å². The predicted octanol–water partition coefficient (Wildman–Crippen LogP) is 4.36. The van der Waals surface area contributed by atoms with Crippen LogP contribution in [0.2, 0.25) is 0 Å². The van der Waals surface area contributed by atoms with E-state index in [1.54, 1.807) is 0 Å². The standard InChI is InChI=1S/C27H35F2N3O4/c28-27(29)36-20-10-13-31(17-20)12-9-18-16-30-24-8-7-19(15-23(18)24)35-14-4-3-11-32-25(33)21-5-1-2-6-22(21)26(32)34/h7-8,15-16,20-22,27,30H,1-6,9-14,17H2/t20-,21-,22+/m0/s1. The van der Waals surface area contributed by atoms with E-state index in [0.717, 1.165) is 74.7 Å². The Labute approximate surface area is 210 Å². The van der Waals surface area contributed by atoms with Crippen molar-refractivity contribution < 1.29 is 27.8 Å². The lowest BCUT2D eigenvalue weighted by Gasteiger charge is -2.19. The van der Waals surface area contributed by atoms with Gasteiger partial charge in [0, 0.05) is 43.3 Å². The van der Waals surface area contributed by atoms with Crippen LogP contribution in [-0.2, 0) is 20.7 Å². The lowest BCUT2D eigenvalue weighted by Crippen LogP contribution is -2.32. The first-order valence-electron chi connectivity index (χ1n) is 13.2. The number of carbonyl (C=O) groups excluding carboxylic acids is 2. The average molecular weight is 504 g/mol. The number of aromatic nitrogens is 1. The number of amides is 2. The molecule has 5 rings (SSSR count). The van der Waals surface area contributed by atoms with Crippen LogP contribution < -0.4 is 4.74 Å². The molecule has 3 aliphatic rings. The molecule has 0 unspecified atom stereocenters. The summed E-state index contributed by atoms with van der Waals surface area (Å²) in [6.07, 6.45) is 8.35. The van der Waals surface area contributed by atoms with Crippen molar-refractivity contribution in [2.24, 2.45) is 11.8 Å². The largest absolute Gasteiger partial charge is 0.494 e. The van der Waals surface area contributed by atoms with Crippen molar-refractivity contribution in [1.82, 2.24) is 14.8 Å². The molecule has 3 atom stereocenters. The molecule has 1 saturated carbocycles. The number of imide groups is 1. The van der Waals surface area contributed by atoms with Gasteiger partial charge in [-0.05, 0) is 62.3 Å². The van der Waals surface area contributed by atoms with Gasteiger partial charge in [0.1, 0.15) is 5.75 Å². The summed E-state index contributed by atoms with van der Waals surface area (Å²) in [7, 11) is 0. The summed E-state index contributed by atoms with van der Waals surface area (Å²) in [6.45, 7) is 0.386. The zero-order chi connectivity index (χ0) is 25.1. The zero-order valence-electron chi connectivity index (χ0n) is 20.6. The van der Waals surface area contributed by atoms with Gasteiger partial charge in [-0.1, -0.05) is 12.8 Å². The molecule has 2 aliphatic heterocycles. The molecule has 1 aromatic carbocycles. The normalized spacial score (nSPS) is 24.9. The summed E-state index contributed by atoms with van der Waals surface area (Å²) in [5, 5.41) is 1.10. The summed E-state index contributed by atoms with van der Waals surface area (Å²) in [5.74, 6) is 0.684. The SMILES string of the molecule is O=C1[C@H]2CCCC[C@H]2C(=O)N1CCCCOc1ccc2[nH]cc(CCN3CC[C@H](OC(F)F)C3)c2c1. The van der Waals surface area contributed by atoms with Gasteiger partial charge in [0.2, 0.25) is 11.8 Å². The molecule has 196 valence electrons. The first-order valence-corrected chi connectivity index (χ1v) is 13.2. The number of likely N-dealkylation sites (tertiary alicyclic amines) is 2. The second-order valence-electron chi connectivity index (χ2n) is 10.3. The number of alkyl halides is 2. The summed E-state index contributed by atoms with van der Waals surface area (Å²) in [6, 6.07) is 5.97. The molecule has 0 spiro atoms. The van der Waals surface area contributed by atoms with Crippen LogP contribution >= 0.6 is 0 Å². The fourth-order valence-electron chi connectivity index (χ4n) is 6.00. The van der Waals surface area contributed by atoms with Crippen LogP contribution in [-0.4, -0.2) is 72.1 Å². The van der Waals surface area contributed by atoms with Crippen LogP contribution in [0.4, 0.5) is 8.78 Å². The van der Waals surface area contributed by atoms with Gasteiger partial charge in [-0.25, -0.2) is 0 Å². The second kappa shape index (κ2) is 11.3. The van der Waals surface area contributed by atoms with Crippen LogP contribution in [0, 0.1) is 11.8 Å². The Bertz CT molecular complexity index is 1050. The molecule has 3 heterocycles. The Morgan fingerprint density at radius 3 is 2.56 bits per heavy atom. The second-order valence-corrected chi connectivity index (χ2v) is 10.3. The first kappa shape index (κ1) is 25.1. The zero-order valence-corrected chi connectivity index (χ0v) is 20.6. The smallest absolute Gasteiger partial charge is 0.345 e. The molecule has 9 heteroatoms. The number of benzene rings is 1. The Balaban J connectivity index is 1.07. The summed E-state index contributed by atoms with van der Waals surface area (Å²) < 4.78 is 35.5. The fourth-order valence-corrected chi connectivity index (χ4v) is 6.00. The maximum absolute atomic E-state index is 12.6. The van der Waals surface area contributed by atoms with E-state index in [9.17, 15) is 18.4 Å². The maximum atomic E-state index is 12.6. The van der Waals surface area contributed by atoms with E-state index in [1.807, 2.05) is 24.4 Å². The molecule has 0 radical (unpaired) electrons. The van der Waals surface area contributed by atoms with Crippen LogP contribution in [0.3, 0.4) is 0 Å². The number of aromatic amines is 1. The average Bonchev–Trinajstić information content (AvgIpc) is 3.55. The van der Waals surface area contributed by atoms with Crippen molar-refractivity contribution in [2.45, 2.75) is 64.1 Å². The maximum Gasteiger partial charge on any atom is 0.345 e.